The van der Waals surface area contributed by atoms with E-state index in [1.165, 1.54) is 12.1 Å². The molecule has 0 amide bonds. The lowest BCUT2D eigenvalue weighted by atomic mass is 10.2. The molecule has 2 N–H and O–H groups in total. The molecule has 0 saturated heterocycles. The van der Waals surface area contributed by atoms with Gasteiger partial charge in [0.05, 0.1) is 5.52 Å². The highest BCUT2D eigenvalue weighted by atomic mass is 35.5. The summed E-state index contributed by atoms with van der Waals surface area (Å²) in [7, 11) is 0. The zero-order valence-corrected chi connectivity index (χ0v) is 10.9. The first-order valence-electron chi connectivity index (χ1n) is 5.92. The zero-order chi connectivity index (χ0) is 13.4. The number of fused-ring (bicyclic) bond motifs is 1. The molecule has 4 heteroatoms. The Morgan fingerprint density at radius 1 is 1.11 bits per heavy atom. The summed E-state index contributed by atoms with van der Waals surface area (Å²) in [5.41, 5.74) is 8.39. The van der Waals surface area contributed by atoms with Crippen molar-refractivity contribution in [2.75, 3.05) is 5.73 Å². The summed E-state index contributed by atoms with van der Waals surface area (Å²) in [6, 6.07) is 12.1. The number of hydrogen-bond acceptors (Lipinski definition) is 1. The van der Waals surface area contributed by atoms with Crippen LogP contribution in [0.15, 0.2) is 48.7 Å². The number of aromatic nitrogens is 1. The molecule has 0 aliphatic heterocycles. The Kier molecular flexibility index (Phi) is 2.91. The summed E-state index contributed by atoms with van der Waals surface area (Å²) in [6.07, 6.45) is 1.92. The third kappa shape index (κ3) is 2.29. The second-order valence-corrected chi connectivity index (χ2v) is 4.93. The molecule has 0 aliphatic carbocycles. The highest BCUT2D eigenvalue weighted by Crippen LogP contribution is 2.22. The lowest BCUT2D eigenvalue weighted by Gasteiger charge is -2.09. The SMILES string of the molecule is Nc1ccc(Cl)cc1Cn1ccc2ccc(F)cc21. The van der Waals surface area contributed by atoms with Crippen molar-refractivity contribution < 1.29 is 4.39 Å². The van der Waals surface area contributed by atoms with Crippen molar-refractivity contribution >= 4 is 28.2 Å². The molecule has 0 saturated carbocycles. The molecular formula is C15H12ClFN2. The normalized spacial score (nSPS) is 11.1. The van der Waals surface area contributed by atoms with Gasteiger partial charge in [0, 0.05) is 23.5 Å². The van der Waals surface area contributed by atoms with Crippen LogP contribution in [0.1, 0.15) is 5.56 Å². The third-order valence-corrected chi connectivity index (χ3v) is 3.42. The minimum absolute atomic E-state index is 0.244. The molecule has 2 nitrogen and oxygen atoms in total. The van der Waals surface area contributed by atoms with Gasteiger partial charge in [-0.25, -0.2) is 4.39 Å². The minimum Gasteiger partial charge on any atom is -0.398 e. The Labute approximate surface area is 115 Å². The van der Waals surface area contributed by atoms with Crippen LogP contribution in [-0.4, -0.2) is 4.57 Å². The Bertz CT molecular complexity index is 749. The summed E-state index contributed by atoms with van der Waals surface area (Å²) in [5.74, 6) is -0.244. The largest absolute Gasteiger partial charge is 0.398 e. The van der Waals surface area contributed by atoms with E-state index in [0.29, 0.717) is 17.3 Å². The minimum atomic E-state index is -0.244. The standard InChI is InChI=1S/C15H12ClFN2/c16-12-2-4-14(18)11(7-12)9-19-6-5-10-1-3-13(17)8-15(10)19/h1-8H,9,18H2. The smallest absolute Gasteiger partial charge is 0.125 e. The number of nitrogens with two attached hydrogens (primary N) is 1. The van der Waals surface area contributed by atoms with Gasteiger partial charge in [-0.1, -0.05) is 11.6 Å². The molecule has 3 rings (SSSR count). The van der Waals surface area contributed by atoms with Gasteiger partial charge in [-0.3, -0.25) is 0 Å². The summed E-state index contributed by atoms with van der Waals surface area (Å²) in [6.45, 7) is 0.569. The molecular weight excluding hydrogens is 263 g/mol. The summed E-state index contributed by atoms with van der Waals surface area (Å²) in [4.78, 5) is 0. The number of nitrogen functional groups attached to an aromatic ring is 1. The van der Waals surface area contributed by atoms with Gasteiger partial charge in [-0.05, 0) is 53.4 Å². The fraction of sp³-hybridized carbons (Fsp3) is 0.0667. The quantitative estimate of drug-likeness (QED) is 0.702. The van der Waals surface area contributed by atoms with E-state index in [0.717, 1.165) is 16.5 Å². The first-order valence-corrected chi connectivity index (χ1v) is 6.29. The lowest BCUT2D eigenvalue weighted by molar-refractivity contribution is 0.628. The maximum atomic E-state index is 13.3. The van der Waals surface area contributed by atoms with Gasteiger partial charge in [-0.2, -0.15) is 0 Å². The van der Waals surface area contributed by atoms with Crippen LogP contribution in [0.25, 0.3) is 10.9 Å². The molecule has 0 fully saturated rings. The molecule has 3 aromatic rings. The van der Waals surface area contributed by atoms with Crippen molar-refractivity contribution in [3.63, 3.8) is 0 Å². The van der Waals surface area contributed by atoms with Gasteiger partial charge < -0.3 is 10.3 Å². The number of anilines is 1. The molecule has 0 aliphatic rings. The van der Waals surface area contributed by atoms with Crippen LogP contribution in [-0.2, 0) is 6.54 Å². The molecule has 1 aromatic heterocycles. The number of rotatable bonds is 2. The molecule has 0 atom stereocenters. The Morgan fingerprint density at radius 3 is 2.79 bits per heavy atom. The molecule has 2 aromatic carbocycles. The van der Waals surface area contributed by atoms with Crippen LogP contribution < -0.4 is 5.73 Å². The van der Waals surface area contributed by atoms with Crippen molar-refractivity contribution in [3.8, 4) is 0 Å². The van der Waals surface area contributed by atoms with E-state index >= 15 is 0 Å². The second-order valence-electron chi connectivity index (χ2n) is 4.49. The van der Waals surface area contributed by atoms with E-state index in [2.05, 4.69) is 0 Å². The summed E-state index contributed by atoms with van der Waals surface area (Å²) < 4.78 is 15.3. The van der Waals surface area contributed by atoms with Crippen LogP contribution in [0, 0.1) is 5.82 Å². The van der Waals surface area contributed by atoms with Crippen molar-refractivity contribution in [2.45, 2.75) is 6.54 Å². The van der Waals surface area contributed by atoms with Gasteiger partial charge in [0.1, 0.15) is 5.82 Å². The van der Waals surface area contributed by atoms with Crippen LogP contribution in [0.4, 0.5) is 10.1 Å². The van der Waals surface area contributed by atoms with Crippen molar-refractivity contribution in [1.29, 1.82) is 0 Å². The Morgan fingerprint density at radius 2 is 1.95 bits per heavy atom. The number of nitrogens with zero attached hydrogens (tertiary/aromatic N) is 1. The van der Waals surface area contributed by atoms with E-state index in [9.17, 15) is 4.39 Å². The summed E-state index contributed by atoms with van der Waals surface area (Å²) >= 11 is 5.98. The van der Waals surface area contributed by atoms with E-state index in [1.54, 1.807) is 18.2 Å². The Hall–Kier alpha value is -2.00. The molecule has 0 spiro atoms. The second kappa shape index (κ2) is 4.59. The van der Waals surface area contributed by atoms with Crippen LogP contribution in [0.2, 0.25) is 5.02 Å². The van der Waals surface area contributed by atoms with E-state index < -0.39 is 0 Å². The van der Waals surface area contributed by atoms with E-state index in [-0.39, 0.29) is 5.82 Å². The van der Waals surface area contributed by atoms with Crippen LogP contribution in [0.3, 0.4) is 0 Å². The highest BCUT2D eigenvalue weighted by molar-refractivity contribution is 6.30. The van der Waals surface area contributed by atoms with Gasteiger partial charge >= 0.3 is 0 Å². The number of hydrogen-bond donors (Lipinski definition) is 1. The van der Waals surface area contributed by atoms with Gasteiger partial charge in [0.25, 0.3) is 0 Å². The summed E-state index contributed by atoms with van der Waals surface area (Å²) in [5, 5.41) is 1.65. The van der Waals surface area contributed by atoms with E-state index in [1.807, 2.05) is 22.9 Å². The lowest BCUT2D eigenvalue weighted by Crippen LogP contribution is -2.02. The van der Waals surface area contributed by atoms with Gasteiger partial charge in [0.15, 0.2) is 0 Å². The molecule has 0 unspecified atom stereocenters. The average Bonchev–Trinajstić information content (AvgIpc) is 2.77. The van der Waals surface area contributed by atoms with E-state index in [4.69, 9.17) is 17.3 Å². The Balaban J connectivity index is 2.05. The van der Waals surface area contributed by atoms with Crippen molar-refractivity contribution in [1.82, 2.24) is 4.57 Å². The zero-order valence-electron chi connectivity index (χ0n) is 10.1. The predicted octanol–water partition coefficient (Wildman–Crippen LogP) is 4.06. The van der Waals surface area contributed by atoms with Crippen molar-refractivity contribution in [3.05, 3.63) is 65.1 Å². The fourth-order valence-corrected chi connectivity index (χ4v) is 2.38. The maximum absolute atomic E-state index is 13.3. The topological polar surface area (TPSA) is 30.9 Å². The molecule has 0 radical (unpaired) electrons. The maximum Gasteiger partial charge on any atom is 0.125 e. The van der Waals surface area contributed by atoms with Crippen molar-refractivity contribution in [2.24, 2.45) is 0 Å². The molecule has 0 bridgehead atoms. The molecule has 1 heterocycles. The monoisotopic (exact) mass is 274 g/mol. The van der Waals surface area contributed by atoms with Gasteiger partial charge in [-0.15, -0.1) is 0 Å². The molecule has 19 heavy (non-hydrogen) atoms. The first kappa shape index (κ1) is 12.1. The van der Waals surface area contributed by atoms with Gasteiger partial charge in [0.2, 0.25) is 0 Å². The average molecular weight is 275 g/mol. The van der Waals surface area contributed by atoms with Crippen LogP contribution >= 0.6 is 11.6 Å². The fourth-order valence-electron chi connectivity index (χ4n) is 2.19. The number of benzene rings is 2. The van der Waals surface area contributed by atoms with Crippen LogP contribution in [0.5, 0.6) is 0 Å². The third-order valence-electron chi connectivity index (χ3n) is 3.18. The highest BCUT2D eigenvalue weighted by Gasteiger charge is 2.06. The number of halogens is 2. The first-order chi connectivity index (χ1) is 9.13. The predicted molar refractivity (Wildman–Crippen MR) is 76.9 cm³/mol. The molecule has 96 valence electrons.